The number of aliphatic carboxylic acids is 1. The quantitative estimate of drug-likeness (QED) is 0.745. The minimum atomic E-state index is -0.806. The Kier molecular flexibility index (Phi) is 4.43. The van der Waals surface area contributed by atoms with Crippen LogP contribution in [0, 0.1) is 11.3 Å². The summed E-state index contributed by atoms with van der Waals surface area (Å²) in [6.45, 7) is 2.78. The molecule has 8 nitrogen and oxygen atoms in total. The number of carboxylic acid groups (broad SMARTS) is 1. The number of nitrogens with zero attached hydrogens (tertiary/aromatic N) is 2. The van der Waals surface area contributed by atoms with Crippen LogP contribution in [-0.2, 0) is 14.3 Å². The van der Waals surface area contributed by atoms with Gasteiger partial charge >= 0.3 is 12.0 Å². The summed E-state index contributed by atoms with van der Waals surface area (Å²) >= 11 is 0. The molecule has 3 aliphatic rings. The van der Waals surface area contributed by atoms with E-state index in [9.17, 15) is 19.5 Å². The number of ether oxygens (including phenoxy) is 1. The first-order valence-corrected chi connectivity index (χ1v) is 8.14. The minimum absolute atomic E-state index is 0.0284. The van der Waals surface area contributed by atoms with Crippen molar-refractivity contribution >= 4 is 17.9 Å². The molecule has 0 radical (unpaired) electrons. The molecule has 0 bridgehead atoms. The Bertz CT molecular complexity index is 505. The molecule has 1 saturated carbocycles. The second-order valence-electron chi connectivity index (χ2n) is 6.58. The highest BCUT2D eigenvalue weighted by atomic mass is 16.5. The molecule has 0 spiro atoms. The van der Waals surface area contributed by atoms with E-state index in [1.165, 1.54) is 0 Å². The van der Waals surface area contributed by atoms with Crippen LogP contribution in [0.15, 0.2) is 0 Å². The number of fused-ring (bicyclic) bond motifs is 1. The number of morpholine rings is 1. The topological polar surface area (TPSA) is 99.2 Å². The van der Waals surface area contributed by atoms with E-state index in [2.05, 4.69) is 5.32 Å². The Morgan fingerprint density at radius 3 is 2.61 bits per heavy atom. The predicted molar refractivity (Wildman–Crippen MR) is 79.8 cm³/mol. The minimum Gasteiger partial charge on any atom is -0.481 e. The average molecular weight is 325 g/mol. The van der Waals surface area contributed by atoms with Crippen LogP contribution in [0.25, 0.3) is 0 Å². The molecule has 0 unspecified atom stereocenters. The van der Waals surface area contributed by atoms with Crippen molar-refractivity contribution in [3.05, 3.63) is 0 Å². The number of rotatable bonds is 3. The van der Waals surface area contributed by atoms with Crippen molar-refractivity contribution in [1.82, 2.24) is 15.1 Å². The zero-order chi connectivity index (χ0) is 16.4. The van der Waals surface area contributed by atoms with Gasteiger partial charge in [0.1, 0.15) is 0 Å². The standard InChI is InChI=1S/C15H23N3O5/c19-12(17-4-6-23-7-5-17)8-16-14(22)18-9-11-2-1-3-15(11,10-18)13(20)21/h11H,1-10H2,(H,16,22)(H,20,21)/t11-,15+/m0/s1. The number of nitrogens with one attached hydrogen (secondary N) is 1. The SMILES string of the molecule is O=C(CNC(=O)N1C[C@@H]2CCC[C@@]2(C(=O)O)C1)N1CCOCC1. The number of carbonyl (C=O) groups is 3. The fraction of sp³-hybridized carbons (Fsp3) is 0.800. The van der Waals surface area contributed by atoms with Crippen LogP contribution >= 0.6 is 0 Å². The van der Waals surface area contributed by atoms with Crippen LogP contribution in [-0.4, -0.2) is 78.8 Å². The second-order valence-corrected chi connectivity index (χ2v) is 6.58. The largest absolute Gasteiger partial charge is 0.481 e. The number of carboxylic acids is 1. The van der Waals surface area contributed by atoms with Gasteiger partial charge in [-0.1, -0.05) is 6.42 Å². The number of likely N-dealkylation sites (tertiary alicyclic amines) is 1. The molecule has 2 N–H and O–H groups in total. The summed E-state index contributed by atoms with van der Waals surface area (Å²) in [5.41, 5.74) is -0.786. The third kappa shape index (κ3) is 2.99. The van der Waals surface area contributed by atoms with Crippen molar-refractivity contribution < 1.29 is 24.2 Å². The summed E-state index contributed by atoms with van der Waals surface area (Å²) in [4.78, 5) is 39.1. The number of amides is 3. The molecule has 3 rings (SSSR count). The van der Waals surface area contributed by atoms with E-state index < -0.39 is 11.4 Å². The van der Waals surface area contributed by atoms with Gasteiger partial charge in [-0.2, -0.15) is 0 Å². The van der Waals surface area contributed by atoms with E-state index in [0.29, 0.717) is 39.3 Å². The molecule has 2 aliphatic heterocycles. The van der Waals surface area contributed by atoms with Crippen LogP contribution in [0.5, 0.6) is 0 Å². The molecular weight excluding hydrogens is 302 g/mol. The number of hydrogen-bond donors (Lipinski definition) is 2. The number of urea groups is 1. The number of hydrogen-bond acceptors (Lipinski definition) is 4. The van der Waals surface area contributed by atoms with Crippen molar-refractivity contribution in [3.8, 4) is 0 Å². The predicted octanol–water partition coefficient (Wildman–Crippen LogP) is -0.258. The van der Waals surface area contributed by atoms with Crippen molar-refractivity contribution in [2.24, 2.45) is 11.3 Å². The molecule has 1 aliphatic carbocycles. The lowest BCUT2D eigenvalue weighted by atomic mass is 9.81. The fourth-order valence-electron chi connectivity index (χ4n) is 3.98. The van der Waals surface area contributed by atoms with Crippen LogP contribution < -0.4 is 5.32 Å². The third-order valence-corrected chi connectivity index (χ3v) is 5.34. The molecule has 128 valence electrons. The lowest BCUT2D eigenvalue weighted by Gasteiger charge is -2.27. The maximum Gasteiger partial charge on any atom is 0.317 e. The molecule has 0 aromatic carbocycles. The molecular formula is C15H23N3O5. The molecule has 2 heterocycles. The first kappa shape index (κ1) is 16.0. The van der Waals surface area contributed by atoms with Crippen LogP contribution in [0.1, 0.15) is 19.3 Å². The Morgan fingerprint density at radius 1 is 1.22 bits per heavy atom. The lowest BCUT2D eigenvalue weighted by molar-refractivity contribution is -0.149. The van der Waals surface area contributed by atoms with E-state index in [-0.39, 0.29) is 30.9 Å². The van der Waals surface area contributed by atoms with Gasteiger partial charge in [0.2, 0.25) is 5.91 Å². The molecule has 3 amide bonds. The highest BCUT2D eigenvalue weighted by molar-refractivity contribution is 5.85. The summed E-state index contributed by atoms with van der Waals surface area (Å²) in [5.74, 6) is -0.908. The Hall–Kier alpha value is -1.83. The molecule has 0 aromatic rings. The van der Waals surface area contributed by atoms with E-state index in [0.717, 1.165) is 12.8 Å². The molecule has 0 aromatic heterocycles. The van der Waals surface area contributed by atoms with E-state index in [4.69, 9.17) is 4.74 Å². The Morgan fingerprint density at radius 2 is 1.96 bits per heavy atom. The van der Waals surface area contributed by atoms with Crippen LogP contribution in [0.2, 0.25) is 0 Å². The summed E-state index contributed by atoms with van der Waals surface area (Å²) < 4.78 is 5.19. The maximum absolute atomic E-state index is 12.3. The van der Waals surface area contributed by atoms with Gasteiger partial charge in [-0.05, 0) is 18.8 Å². The summed E-state index contributed by atoms with van der Waals surface area (Å²) in [7, 11) is 0. The summed E-state index contributed by atoms with van der Waals surface area (Å²) in [5, 5.41) is 12.2. The van der Waals surface area contributed by atoms with Gasteiger partial charge in [-0.3, -0.25) is 9.59 Å². The first-order valence-electron chi connectivity index (χ1n) is 8.14. The van der Waals surface area contributed by atoms with Gasteiger partial charge in [-0.15, -0.1) is 0 Å². The van der Waals surface area contributed by atoms with Crippen LogP contribution in [0.4, 0.5) is 4.79 Å². The Labute approximate surface area is 134 Å². The monoisotopic (exact) mass is 325 g/mol. The maximum atomic E-state index is 12.3. The zero-order valence-corrected chi connectivity index (χ0v) is 13.1. The van der Waals surface area contributed by atoms with Gasteiger partial charge in [0.05, 0.1) is 25.2 Å². The van der Waals surface area contributed by atoms with Gasteiger partial charge in [0, 0.05) is 26.2 Å². The summed E-state index contributed by atoms with van der Waals surface area (Å²) in [6.07, 6.45) is 2.38. The average Bonchev–Trinajstić information content (AvgIpc) is 3.11. The third-order valence-electron chi connectivity index (χ3n) is 5.34. The van der Waals surface area contributed by atoms with Gasteiger partial charge in [0.25, 0.3) is 0 Å². The summed E-state index contributed by atoms with van der Waals surface area (Å²) in [6, 6.07) is -0.346. The molecule has 23 heavy (non-hydrogen) atoms. The van der Waals surface area contributed by atoms with E-state index >= 15 is 0 Å². The first-order chi connectivity index (χ1) is 11.0. The van der Waals surface area contributed by atoms with Gasteiger partial charge in [-0.25, -0.2) is 4.79 Å². The second kappa shape index (κ2) is 6.35. The van der Waals surface area contributed by atoms with Crippen molar-refractivity contribution in [2.75, 3.05) is 45.9 Å². The fourth-order valence-corrected chi connectivity index (χ4v) is 3.98. The van der Waals surface area contributed by atoms with Gasteiger partial charge < -0.3 is 25.0 Å². The molecule has 8 heteroatoms. The Balaban J connectivity index is 1.51. The van der Waals surface area contributed by atoms with Crippen LogP contribution in [0.3, 0.4) is 0 Å². The highest BCUT2D eigenvalue weighted by Crippen LogP contribution is 2.48. The van der Waals surface area contributed by atoms with E-state index in [1.54, 1.807) is 9.80 Å². The lowest BCUT2D eigenvalue weighted by Crippen LogP contribution is -2.48. The van der Waals surface area contributed by atoms with Crippen molar-refractivity contribution in [3.63, 3.8) is 0 Å². The van der Waals surface area contributed by atoms with Gasteiger partial charge in [0.15, 0.2) is 0 Å². The molecule has 2 atom stereocenters. The smallest absolute Gasteiger partial charge is 0.317 e. The zero-order valence-electron chi connectivity index (χ0n) is 13.1. The van der Waals surface area contributed by atoms with Crippen molar-refractivity contribution in [1.29, 1.82) is 0 Å². The normalized spacial score (nSPS) is 30.2. The van der Waals surface area contributed by atoms with Crippen molar-refractivity contribution in [2.45, 2.75) is 19.3 Å². The highest BCUT2D eigenvalue weighted by Gasteiger charge is 2.55. The molecule has 3 fully saturated rings. The van der Waals surface area contributed by atoms with E-state index in [1.807, 2.05) is 0 Å². The molecule has 2 saturated heterocycles. The number of carbonyl (C=O) groups excluding carboxylic acids is 2.